The van der Waals surface area contributed by atoms with Gasteiger partial charge in [0.1, 0.15) is 6.04 Å². The molecule has 0 aliphatic carbocycles. The first kappa shape index (κ1) is 13.7. The maximum absolute atomic E-state index is 11.4. The van der Waals surface area contributed by atoms with Gasteiger partial charge in [0.15, 0.2) is 9.84 Å². The van der Waals surface area contributed by atoms with Crippen LogP contribution in [0.15, 0.2) is 11.5 Å². The maximum Gasteiger partial charge on any atom is 0.328 e. The molecule has 1 heterocycles. The summed E-state index contributed by atoms with van der Waals surface area (Å²) in [4.78, 5) is 21.9. The Labute approximate surface area is 98.1 Å². The van der Waals surface area contributed by atoms with Crippen LogP contribution in [0.3, 0.4) is 0 Å². The van der Waals surface area contributed by atoms with E-state index in [9.17, 15) is 18.0 Å². The number of hydrogen-bond donors (Lipinski definition) is 3. The Hall–Kier alpha value is -1.41. The number of aliphatic hydroxyl groups excluding tert-OH is 1. The summed E-state index contributed by atoms with van der Waals surface area (Å²) >= 11 is 0. The summed E-state index contributed by atoms with van der Waals surface area (Å²) in [5, 5.41) is 20.4. The van der Waals surface area contributed by atoms with E-state index < -0.39 is 40.3 Å². The fourth-order valence-corrected chi connectivity index (χ4v) is 2.84. The molecule has 0 radical (unpaired) electrons. The summed E-state index contributed by atoms with van der Waals surface area (Å²) in [6.07, 6.45) is 1.29. The second kappa shape index (κ2) is 5.28. The predicted octanol–water partition coefficient (Wildman–Crippen LogP) is -1.50. The minimum atomic E-state index is -3.22. The molecule has 2 unspecified atom stereocenters. The Morgan fingerprint density at radius 2 is 2.12 bits per heavy atom. The van der Waals surface area contributed by atoms with Crippen molar-refractivity contribution in [2.45, 2.75) is 12.5 Å². The number of amides is 1. The number of sulfone groups is 1. The van der Waals surface area contributed by atoms with E-state index in [0.717, 1.165) is 5.41 Å². The van der Waals surface area contributed by atoms with Crippen LogP contribution in [0.25, 0.3) is 0 Å². The average molecular weight is 263 g/mol. The zero-order valence-electron chi connectivity index (χ0n) is 8.87. The first-order valence-corrected chi connectivity index (χ1v) is 6.59. The van der Waals surface area contributed by atoms with Gasteiger partial charge in [-0.1, -0.05) is 6.08 Å². The quantitative estimate of drug-likeness (QED) is 0.555. The van der Waals surface area contributed by atoms with Crippen molar-refractivity contribution in [3.05, 3.63) is 11.5 Å². The van der Waals surface area contributed by atoms with Crippen molar-refractivity contribution >= 4 is 21.7 Å². The highest BCUT2D eigenvalue weighted by molar-refractivity contribution is 7.94. The lowest BCUT2D eigenvalue weighted by Crippen LogP contribution is -2.43. The van der Waals surface area contributed by atoms with E-state index in [-0.39, 0.29) is 12.2 Å². The fourth-order valence-electron chi connectivity index (χ4n) is 1.44. The summed E-state index contributed by atoms with van der Waals surface area (Å²) in [5.74, 6) is -2.51. The van der Waals surface area contributed by atoms with E-state index in [0.29, 0.717) is 0 Å². The number of carboxylic acids is 1. The molecule has 1 amide bonds. The summed E-state index contributed by atoms with van der Waals surface area (Å²) in [6.45, 7) is -0.708. The number of allylic oxidation sites excluding steroid dienone is 1. The van der Waals surface area contributed by atoms with Crippen molar-refractivity contribution in [3.8, 4) is 0 Å². The van der Waals surface area contributed by atoms with Gasteiger partial charge in [0.2, 0.25) is 5.91 Å². The number of rotatable bonds is 5. The molecule has 7 nitrogen and oxygen atoms in total. The van der Waals surface area contributed by atoms with Crippen molar-refractivity contribution in [3.63, 3.8) is 0 Å². The molecule has 0 bridgehead atoms. The smallest absolute Gasteiger partial charge is 0.328 e. The monoisotopic (exact) mass is 263 g/mol. The van der Waals surface area contributed by atoms with Gasteiger partial charge in [0.25, 0.3) is 0 Å². The number of aliphatic carboxylic acids is 1. The van der Waals surface area contributed by atoms with Crippen LogP contribution >= 0.6 is 0 Å². The highest BCUT2D eigenvalue weighted by Crippen LogP contribution is 2.17. The molecule has 0 saturated heterocycles. The van der Waals surface area contributed by atoms with E-state index in [1.165, 1.54) is 6.08 Å². The Bertz CT molecular complexity index is 440. The third-order valence-electron chi connectivity index (χ3n) is 2.27. The molecule has 96 valence electrons. The number of carbonyl (C=O) groups excluding carboxylic acids is 1. The molecule has 0 aromatic heterocycles. The average Bonchev–Trinajstić information content (AvgIpc) is 2.54. The van der Waals surface area contributed by atoms with Crippen molar-refractivity contribution in [1.82, 2.24) is 5.32 Å². The minimum absolute atomic E-state index is 0.112. The second-order valence-corrected chi connectivity index (χ2v) is 5.69. The van der Waals surface area contributed by atoms with Crippen LogP contribution < -0.4 is 5.32 Å². The van der Waals surface area contributed by atoms with Gasteiger partial charge >= 0.3 is 5.97 Å². The molecule has 1 aliphatic rings. The van der Waals surface area contributed by atoms with Gasteiger partial charge in [-0.15, -0.1) is 0 Å². The van der Waals surface area contributed by atoms with Gasteiger partial charge in [-0.2, -0.15) is 0 Å². The standard InChI is InChI=1S/C9H13NO6S/c11-4-7(9(13)14)10-8(12)3-6-1-2-17(15,16)5-6/h1-2,6-7,11H,3-5H2,(H,10,12)(H,13,14). The second-order valence-electron chi connectivity index (χ2n) is 3.76. The van der Waals surface area contributed by atoms with Crippen LogP contribution in [0.5, 0.6) is 0 Å². The zero-order valence-corrected chi connectivity index (χ0v) is 9.68. The van der Waals surface area contributed by atoms with Crippen molar-refractivity contribution in [1.29, 1.82) is 0 Å². The lowest BCUT2D eigenvalue weighted by atomic mass is 10.1. The molecular weight excluding hydrogens is 250 g/mol. The van der Waals surface area contributed by atoms with Gasteiger partial charge < -0.3 is 15.5 Å². The number of aliphatic hydroxyl groups is 1. The largest absolute Gasteiger partial charge is 0.480 e. The van der Waals surface area contributed by atoms with E-state index in [2.05, 4.69) is 5.32 Å². The van der Waals surface area contributed by atoms with Crippen LogP contribution in [-0.4, -0.2) is 48.9 Å². The molecule has 0 saturated carbocycles. The molecule has 1 rings (SSSR count). The SMILES string of the molecule is O=C(CC1C=CS(=O)(=O)C1)NC(CO)C(=O)O. The van der Waals surface area contributed by atoms with Gasteiger partial charge in [-0.25, -0.2) is 13.2 Å². The zero-order chi connectivity index (χ0) is 13.1. The summed E-state index contributed by atoms with van der Waals surface area (Å²) < 4.78 is 22.1. The first-order valence-electron chi connectivity index (χ1n) is 4.88. The summed E-state index contributed by atoms with van der Waals surface area (Å²) in [7, 11) is -3.22. The molecule has 1 aliphatic heterocycles. The highest BCUT2D eigenvalue weighted by atomic mass is 32.2. The van der Waals surface area contributed by atoms with Gasteiger partial charge in [-0.05, 0) is 0 Å². The Morgan fingerprint density at radius 3 is 2.53 bits per heavy atom. The van der Waals surface area contributed by atoms with Crippen molar-refractivity contribution in [2.24, 2.45) is 5.92 Å². The summed E-state index contributed by atoms with van der Waals surface area (Å²) in [6, 6.07) is -1.36. The van der Waals surface area contributed by atoms with E-state index in [1.807, 2.05) is 0 Å². The van der Waals surface area contributed by atoms with Crippen molar-refractivity contribution in [2.75, 3.05) is 12.4 Å². The van der Waals surface area contributed by atoms with Crippen molar-refractivity contribution < 1.29 is 28.2 Å². The molecule has 2 atom stereocenters. The van der Waals surface area contributed by atoms with Crippen LogP contribution in [0.2, 0.25) is 0 Å². The molecule has 17 heavy (non-hydrogen) atoms. The number of hydrogen-bond acceptors (Lipinski definition) is 5. The third-order valence-corrected chi connectivity index (χ3v) is 3.73. The van der Waals surface area contributed by atoms with E-state index >= 15 is 0 Å². The van der Waals surface area contributed by atoms with Crippen LogP contribution in [-0.2, 0) is 19.4 Å². The molecule has 0 aromatic rings. The van der Waals surface area contributed by atoms with Gasteiger partial charge in [-0.3, -0.25) is 4.79 Å². The molecule has 3 N–H and O–H groups in total. The molecule has 8 heteroatoms. The lowest BCUT2D eigenvalue weighted by Gasteiger charge is -2.12. The normalized spacial score (nSPS) is 23.2. The summed E-state index contributed by atoms with van der Waals surface area (Å²) in [5.41, 5.74) is 0. The maximum atomic E-state index is 11.4. The fraction of sp³-hybridized carbons (Fsp3) is 0.556. The molecule has 0 aromatic carbocycles. The van der Waals surface area contributed by atoms with Crippen LogP contribution in [0.1, 0.15) is 6.42 Å². The Morgan fingerprint density at radius 1 is 1.47 bits per heavy atom. The van der Waals surface area contributed by atoms with Gasteiger partial charge in [0.05, 0.1) is 12.4 Å². The van der Waals surface area contributed by atoms with Crippen LogP contribution in [0, 0.1) is 5.92 Å². The number of carbonyl (C=O) groups is 2. The third kappa shape index (κ3) is 4.16. The molecule has 0 fully saturated rings. The predicted molar refractivity (Wildman–Crippen MR) is 57.7 cm³/mol. The number of carboxylic acid groups (broad SMARTS) is 1. The molecular formula is C9H13NO6S. The van der Waals surface area contributed by atoms with E-state index in [4.69, 9.17) is 10.2 Å². The Balaban J connectivity index is 2.46. The highest BCUT2D eigenvalue weighted by Gasteiger charge is 2.25. The van der Waals surface area contributed by atoms with Gasteiger partial charge in [0, 0.05) is 17.7 Å². The minimum Gasteiger partial charge on any atom is -0.480 e. The van der Waals surface area contributed by atoms with Crippen LogP contribution in [0.4, 0.5) is 0 Å². The molecule has 0 spiro atoms. The lowest BCUT2D eigenvalue weighted by molar-refractivity contribution is -0.143. The Kier molecular flexibility index (Phi) is 4.24. The topological polar surface area (TPSA) is 121 Å². The number of nitrogens with one attached hydrogen (secondary N) is 1. The van der Waals surface area contributed by atoms with E-state index in [1.54, 1.807) is 0 Å². The first-order chi connectivity index (χ1) is 7.84.